The Hall–Kier alpha value is -2.17. The van der Waals surface area contributed by atoms with E-state index in [0.717, 1.165) is 0 Å². The Balaban J connectivity index is 3.12. The topological polar surface area (TPSA) is 65.5 Å². The molecule has 5 heteroatoms. The Labute approximate surface area is 105 Å². The van der Waals surface area contributed by atoms with E-state index in [4.69, 9.17) is 9.47 Å². The first-order valence-electron chi connectivity index (χ1n) is 5.61. The molecule has 0 saturated heterocycles. The van der Waals surface area contributed by atoms with E-state index in [0.29, 0.717) is 5.56 Å². The lowest BCUT2D eigenvalue weighted by Gasteiger charge is -2.06. The van der Waals surface area contributed by atoms with Crippen LogP contribution in [0.4, 0.5) is 0 Å². The zero-order valence-electron chi connectivity index (χ0n) is 10.4. The molecule has 0 spiro atoms. The van der Waals surface area contributed by atoms with Crippen LogP contribution in [0.1, 0.15) is 40.4 Å². The zero-order valence-corrected chi connectivity index (χ0v) is 10.4. The summed E-state index contributed by atoms with van der Waals surface area (Å²) in [5.41, 5.74) is 0.741. The Morgan fingerprint density at radius 3 is 1.94 bits per heavy atom. The van der Waals surface area contributed by atoms with Crippen molar-refractivity contribution in [3.63, 3.8) is 0 Å². The number of rotatable bonds is 5. The van der Waals surface area contributed by atoms with Crippen LogP contribution in [0.25, 0.3) is 6.08 Å². The summed E-state index contributed by atoms with van der Waals surface area (Å²) in [6, 6.07) is 3.02. The summed E-state index contributed by atoms with van der Waals surface area (Å²) >= 11 is 0. The molecule has 0 amide bonds. The van der Waals surface area contributed by atoms with Crippen molar-refractivity contribution in [2.45, 2.75) is 13.8 Å². The van der Waals surface area contributed by atoms with E-state index in [2.05, 4.69) is 11.6 Å². The van der Waals surface area contributed by atoms with Gasteiger partial charge < -0.3 is 9.47 Å². The summed E-state index contributed by atoms with van der Waals surface area (Å²) in [5, 5.41) is 0. The highest BCUT2D eigenvalue weighted by molar-refractivity contribution is 5.92. The number of carbonyl (C=O) groups is 2. The lowest BCUT2D eigenvalue weighted by molar-refractivity contribution is 0.0511. The van der Waals surface area contributed by atoms with Gasteiger partial charge in [-0.15, -0.1) is 0 Å². The second kappa shape index (κ2) is 6.54. The van der Waals surface area contributed by atoms with Crippen LogP contribution in [0.15, 0.2) is 18.7 Å². The molecule has 0 unspecified atom stereocenters. The second-order valence-corrected chi connectivity index (χ2v) is 3.32. The van der Waals surface area contributed by atoms with Crippen molar-refractivity contribution < 1.29 is 19.1 Å². The summed E-state index contributed by atoms with van der Waals surface area (Å²) in [5.74, 6) is -1.15. The molecule has 1 heterocycles. The van der Waals surface area contributed by atoms with Crippen LogP contribution in [-0.2, 0) is 9.47 Å². The predicted octanol–water partition coefficient (Wildman–Crippen LogP) is 2.08. The number of nitrogens with zero attached hydrogens (tertiary/aromatic N) is 1. The van der Waals surface area contributed by atoms with E-state index in [1.54, 1.807) is 13.8 Å². The fourth-order valence-corrected chi connectivity index (χ4v) is 1.29. The van der Waals surface area contributed by atoms with Crippen LogP contribution < -0.4 is 0 Å². The SMILES string of the molecule is C=Cc1cc(C(=O)OCC)nc(C(=O)OCC)c1. The first-order valence-corrected chi connectivity index (χ1v) is 5.61. The van der Waals surface area contributed by atoms with Gasteiger partial charge >= 0.3 is 11.9 Å². The van der Waals surface area contributed by atoms with Crippen LogP contribution in [0.5, 0.6) is 0 Å². The van der Waals surface area contributed by atoms with E-state index in [-0.39, 0.29) is 24.6 Å². The largest absolute Gasteiger partial charge is 0.461 e. The standard InChI is InChI=1S/C13H15NO4/c1-4-9-7-10(12(15)17-5-2)14-11(8-9)13(16)18-6-3/h4,7-8H,1,5-6H2,2-3H3. The van der Waals surface area contributed by atoms with Gasteiger partial charge in [0.05, 0.1) is 13.2 Å². The molecule has 5 nitrogen and oxygen atoms in total. The van der Waals surface area contributed by atoms with Gasteiger partial charge in [0.25, 0.3) is 0 Å². The number of esters is 2. The highest BCUT2D eigenvalue weighted by atomic mass is 16.5. The molecule has 0 bridgehead atoms. The fraction of sp³-hybridized carbons (Fsp3) is 0.308. The fourth-order valence-electron chi connectivity index (χ4n) is 1.29. The zero-order chi connectivity index (χ0) is 13.5. The van der Waals surface area contributed by atoms with Crippen molar-refractivity contribution in [2.75, 3.05) is 13.2 Å². The molecule has 96 valence electrons. The minimum atomic E-state index is -0.577. The summed E-state index contributed by atoms with van der Waals surface area (Å²) in [7, 11) is 0. The maximum Gasteiger partial charge on any atom is 0.356 e. The molecule has 0 fully saturated rings. The van der Waals surface area contributed by atoms with Gasteiger partial charge in [-0.2, -0.15) is 0 Å². The normalized spacial score (nSPS) is 9.67. The monoisotopic (exact) mass is 249 g/mol. The Kier molecular flexibility index (Phi) is 5.05. The number of hydrogen-bond donors (Lipinski definition) is 0. The first-order chi connectivity index (χ1) is 8.62. The molecule has 1 aromatic rings. The Bertz CT molecular complexity index is 432. The summed E-state index contributed by atoms with van der Waals surface area (Å²) in [6.07, 6.45) is 1.52. The van der Waals surface area contributed by atoms with E-state index in [9.17, 15) is 9.59 Å². The van der Waals surface area contributed by atoms with Gasteiger partial charge in [0.15, 0.2) is 0 Å². The molecule has 0 saturated carbocycles. The van der Waals surface area contributed by atoms with Crippen LogP contribution in [0, 0.1) is 0 Å². The van der Waals surface area contributed by atoms with Gasteiger partial charge in [-0.05, 0) is 31.5 Å². The van der Waals surface area contributed by atoms with Crippen molar-refractivity contribution in [1.29, 1.82) is 0 Å². The molecule has 0 aromatic carbocycles. The van der Waals surface area contributed by atoms with E-state index >= 15 is 0 Å². The van der Waals surface area contributed by atoms with E-state index in [1.165, 1.54) is 18.2 Å². The number of ether oxygens (including phenoxy) is 2. The quantitative estimate of drug-likeness (QED) is 0.747. The third kappa shape index (κ3) is 3.41. The number of aromatic nitrogens is 1. The molecular weight excluding hydrogens is 234 g/mol. The van der Waals surface area contributed by atoms with E-state index < -0.39 is 11.9 Å². The third-order valence-electron chi connectivity index (χ3n) is 2.05. The number of hydrogen-bond acceptors (Lipinski definition) is 5. The van der Waals surface area contributed by atoms with Crippen molar-refractivity contribution >= 4 is 18.0 Å². The Morgan fingerprint density at radius 2 is 1.61 bits per heavy atom. The third-order valence-corrected chi connectivity index (χ3v) is 2.05. The minimum Gasteiger partial charge on any atom is -0.461 e. The van der Waals surface area contributed by atoms with Crippen molar-refractivity contribution in [3.8, 4) is 0 Å². The predicted molar refractivity (Wildman–Crippen MR) is 66.2 cm³/mol. The molecular formula is C13H15NO4. The van der Waals surface area contributed by atoms with Gasteiger partial charge in [0.2, 0.25) is 0 Å². The number of pyridine rings is 1. The lowest BCUT2D eigenvalue weighted by atomic mass is 10.2. The number of carbonyl (C=O) groups excluding carboxylic acids is 2. The highest BCUT2D eigenvalue weighted by Gasteiger charge is 2.15. The van der Waals surface area contributed by atoms with Crippen LogP contribution in [0.2, 0.25) is 0 Å². The maximum atomic E-state index is 11.6. The van der Waals surface area contributed by atoms with Gasteiger partial charge in [0.1, 0.15) is 11.4 Å². The van der Waals surface area contributed by atoms with Crippen LogP contribution in [0.3, 0.4) is 0 Å². The Morgan fingerprint density at radius 1 is 1.17 bits per heavy atom. The summed E-state index contributed by atoms with van der Waals surface area (Å²) in [4.78, 5) is 27.1. The lowest BCUT2D eigenvalue weighted by Crippen LogP contribution is -2.13. The van der Waals surface area contributed by atoms with Crippen LogP contribution >= 0.6 is 0 Å². The highest BCUT2D eigenvalue weighted by Crippen LogP contribution is 2.10. The summed E-state index contributed by atoms with van der Waals surface area (Å²) in [6.45, 7) is 7.47. The van der Waals surface area contributed by atoms with Crippen molar-refractivity contribution in [3.05, 3.63) is 35.7 Å². The average molecular weight is 249 g/mol. The molecule has 0 atom stereocenters. The molecule has 0 aliphatic rings. The second-order valence-electron chi connectivity index (χ2n) is 3.32. The van der Waals surface area contributed by atoms with Gasteiger partial charge in [-0.25, -0.2) is 14.6 Å². The molecule has 1 rings (SSSR count). The smallest absolute Gasteiger partial charge is 0.356 e. The first kappa shape index (κ1) is 13.9. The van der Waals surface area contributed by atoms with Gasteiger partial charge in [-0.1, -0.05) is 12.7 Å². The average Bonchev–Trinajstić information content (AvgIpc) is 2.38. The molecule has 0 radical (unpaired) electrons. The van der Waals surface area contributed by atoms with Crippen molar-refractivity contribution in [1.82, 2.24) is 4.98 Å². The molecule has 1 aromatic heterocycles. The summed E-state index contributed by atoms with van der Waals surface area (Å²) < 4.78 is 9.67. The molecule has 0 N–H and O–H groups in total. The van der Waals surface area contributed by atoms with E-state index in [1.807, 2.05) is 0 Å². The van der Waals surface area contributed by atoms with Gasteiger partial charge in [0, 0.05) is 0 Å². The van der Waals surface area contributed by atoms with Crippen LogP contribution in [-0.4, -0.2) is 30.1 Å². The molecule has 18 heavy (non-hydrogen) atoms. The maximum absolute atomic E-state index is 11.6. The minimum absolute atomic E-state index is 0.0669. The van der Waals surface area contributed by atoms with Gasteiger partial charge in [-0.3, -0.25) is 0 Å². The molecule has 0 aliphatic carbocycles. The van der Waals surface area contributed by atoms with Crippen molar-refractivity contribution in [2.24, 2.45) is 0 Å². The molecule has 0 aliphatic heterocycles.